The predicted molar refractivity (Wildman–Crippen MR) is 120 cm³/mol. The van der Waals surface area contributed by atoms with Gasteiger partial charge in [-0.25, -0.2) is 17.4 Å². The molecule has 4 rings (SSSR count). The van der Waals surface area contributed by atoms with Crippen molar-refractivity contribution in [1.82, 2.24) is 4.98 Å². The Kier molecular flexibility index (Phi) is 6.79. The van der Waals surface area contributed by atoms with Gasteiger partial charge in [-0.3, -0.25) is 4.98 Å². The molecule has 1 heterocycles. The number of aromatic nitrogens is 1. The topological polar surface area (TPSA) is 48.4 Å². The Bertz CT molecular complexity index is 1460. The van der Waals surface area contributed by atoms with Crippen LogP contribution in [-0.2, 0) is 11.1 Å². The highest BCUT2D eigenvalue weighted by Crippen LogP contribution is 2.39. The molecule has 1 aromatic heterocycles. The second-order valence-electron chi connectivity index (χ2n) is 6.73. The summed E-state index contributed by atoms with van der Waals surface area (Å²) < 4.78 is 91.0. The molecule has 0 saturated carbocycles. The van der Waals surface area contributed by atoms with Gasteiger partial charge in [-0.2, -0.15) is 8.78 Å². The van der Waals surface area contributed by atoms with Crippen LogP contribution in [0.3, 0.4) is 0 Å². The third-order valence-electron chi connectivity index (χ3n) is 4.75. The first-order valence-electron chi connectivity index (χ1n) is 9.17. The van der Waals surface area contributed by atoms with Gasteiger partial charge < -0.3 is 8.92 Å². The molecule has 1 atom stereocenters. The summed E-state index contributed by atoms with van der Waals surface area (Å²) in [5, 5.41) is 1.48. The summed E-state index contributed by atoms with van der Waals surface area (Å²) in [4.78, 5) is 4.28. The van der Waals surface area contributed by atoms with Crippen molar-refractivity contribution >= 4 is 49.4 Å². The van der Waals surface area contributed by atoms with Crippen molar-refractivity contribution in [3.8, 4) is 22.8 Å². The summed E-state index contributed by atoms with van der Waals surface area (Å²) in [6, 6.07) is 9.08. The Labute approximate surface area is 205 Å². The molecular weight excluding hydrogens is 569 g/mol. The molecule has 0 amide bonds. The van der Waals surface area contributed by atoms with E-state index < -0.39 is 45.9 Å². The molecule has 1 unspecified atom stereocenters. The van der Waals surface area contributed by atoms with Gasteiger partial charge in [0.15, 0.2) is 0 Å². The summed E-state index contributed by atoms with van der Waals surface area (Å²) in [6.07, 6.45) is 1.46. The fraction of sp³-hybridized carbons (Fsp3) is 0.0455. The number of nitrogens with zero attached hydrogens (tertiary/aromatic N) is 1. The van der Waals surface area contributed by atoms with E-state index in [1.807, 2.05) is 0 Å². The first-order chi connectivity index (χ1) is 16.1. The molecule has 34 heavy (non-hydrogen) atoms. The number of hydrogen-bond donors (Lipinski definition) is 0. The zero-order chi connectivity index (χ0) is 24.7. The third kappa shape index (κ3) is 4.23. The fourth-order valence-corrected chi connectivity index (χ4v) is 4.42. The zero-order valence-electron chi connectivity index (χ0n) is 16.8. The lowest BCUT2D eigenvalue weighted by Gasteiger charge is -2.13. The quantitative estimate of drug-likeness (QED) is 0.144. The molecule has 0 aliphatic heterocycles. The normalized spacial score (nSPS) is 12.1. The van der Waals surface area contributed by atoms with Crippen LogP contribution < -0.4 is 8.92 Å². The minimum atomic E-state index is -2.61. The van der Waals surface area contributed by atoms with Crippen LogP contribution >= 0.6 is 27.5 Å². The maximum atomic E-state index is 13.9. The van der Waals surface area contributed by atoms with Crippen molar-refractivity contribution in [3.05, 3.63) is 81.2 Å². The van der Waals surface area contributed by atoms with Crippen LogP contribution in [0.25, 0.3) is 22.0 Å². The highest BCUT2D eigenvalue weighted by Gasteiger charge is 2.29. The first kappa shape index (κ1) is 24.4. The smallest absolute Gasteiger partial charge is 0.240 e. The van der Waals surface area contributed by atoms with Crippen molar-refractivity contribution in [3.63, 3.8) is 0 Å². The first-order valence-corrected chi connectivity index (χ1v) is 11.4. The second-order valence-corrected chi connectivity index (χ2v) is 9.10. The molecule has 3 aromatic carbocycles. The number of pyridine rings is 1. The van der Waals surface area contributed by atoms with Gasteiger partial charge in [-0.15, -0.1) is 0 Å². The second kappa shape index (κ2) is 9.47. The molecule has 0 saturated heterocycles. The largest absolute Gasteiger partial charge is 0.496 e. The van der Waals surface area contributed by atoms with E-state index >= 15 is 0 Å². The van der Waals surface area contributed by atoms with Gasteiger partial charge in [-0.1, -0.05) is 17.7 Å². The minimum absolute atomic E-state index is 0.0885. The lowest BCUT2D eigenvalue weighted by Crippen LogP contribution is -2.09. The summed E-state index contributed by atoms with van der Waals surface area (Å²) in [7, 11) is 1.47. The molecule has 0 spiro atoms. The van der Waals surface area contributed by atoms with Crippen LogP contribution in [-0.4, -0.2) is 16.3 Å². The highest BCUT2D eigenvalue weighted by molar-refractivity contribution is 9.10. The van der Waals surface area contributed by atoms with Crippen LogP contribution in [0, 0.1) is 29.1 Å². The maximum Gasteiger partial charge on any atom is 0.240 e. The van der Waals surface area contributed by atoms with Gasteiger partial charge in [-0.05, 0) is 51.6 Å². The number of rotatable bonds is 5. The predicted octanol–water partition coefficient (Wildman–Crippen LogP) is 7.12. The molecule has 0 N–H and O–H groups in total. The van der Waals surface area contributed by atoms with Gasteiger partial charge in [0.05, 0.1) is 22.7 Å². The molecule has 0 bridgehead atoms. The van der Waals surface area contributed by atoms with Crippen molar-refractivity contribution in [2.75, 3.05) is 7.11 Å². The molecular formula is C22H10BrClF5NO3S. The van der Waals surface area contributed by atoms with Crippen molar-refractivity contribution in [2.24, 2.45) is 0 Å². The van der Waals surface area contributed by atoms with E-state index in [0.717, 1.165) is 0 Å². The average molecular weight is 579 g/mol. The molecule has 0 fully saturated rings. The Morgan fingerprint density at radius 3 is 2.24 bits per heavy atom. The molecule has 12 heteroatoms. The van der Waals surface area contributed by atoms with Gasteiger partial charge in [0.1, 0.15) is 5.75 Å². The van der Waals surface area contributed by atoms with Crippen molar-refractivity contribution in [2.45, 2.75) is 4.90 Å². The Morgan fingerprint density at radius 2 is 1.59 bits per heavy atom. The number of methoxy groups -OCH3 is 1. The van der Waals surface area contributed by atoms with Crippen molar-refractivity contribution < 1.29 is 35.1 Å². The summed E-state index contributed by atoms with van der Waals surface area (Å²) in [5.74, 6) is -12.4. The number of fused-ring (bicyclic) bond motifs is 1. The number of halogens is 7. The number of ether oxygens (including phenoxy) is 1. The maximum absolute atomic E-state index is 13.9. The molecule has 0 aliphatic carbocycles. The zero-order valence-corrected chi connectivity index (χ0v) is 19.9. The van der Waals surface area contributed by atoms with Gasteiger partial charge in [0.2, 0.25) is 45.9 Å². The van der Waals surface area contributed by atoms with E-state index in [4.69, 9.17) is 16.3 Å². The standard InChI is InChI=1S/C22H10BrClF5NO3S/c1-32-15-8-13(23)14(24)7-12(15)21-11-3-2-10(6-9(11)4-5-30-21)34(31)33-22-19(28)17(26)16(25)18(27)20(22)29/h2-8H,1H3. The van der Waals surface area contributed by atoms with Crippen LogP contribution in [0.5, 0.6) is 11.5 Å². The molecule has 4 nitrogen and oxygen atoms in total. The van der Waals surface area contributed by atoms with E-state index in [9.17, 15) is 26.2 Å². The van der Waals surface area contributed by atoms with Crippen LogP contribution in [0.1, 0.15) is 0 Å². The third-order valence-corrected chi connectivity index (χ3v) is 6.91. The fourth-order valence-electron chi connectivity index (χ4n) is 3.14. The van der Waals surface area contributed by atoms with Crippen LogP contribution in [0.4, 0.5) is 22.0 Å². The minimum Gasteiger partial charge on any atom is -0.496 e. The van der Waals surface area contributed by atoms with E-state index in [1.165, 1.54) is 31.5 Å². The summed E-state index contributed by atoms with van der Waals surface area (Å²) >= 11 is 6.93. The van der Waals surface area contributed by atoms with Crippen molar-refractivity contribution in [1.29, 1.82) is 0 Å². The molecule has 0 radical (unpaired) electrons. The van der Waals surface area contributed by atoms with Gasteiger partial charge in [0, 0.05) is 21.6 Å². The van der Waals surface area contributed by atoms with E-state index in [0.29, 0.717) is 37.3 Å². The van der Waals surface area contributed by atoms with Gasteiger partial charge in [0.25, 0.3) is 0 Å². The Morgan fingerprint density at radius 1 is 0.941 bits per heavy atom. The number of hydrogen-bond acceptors (Lipinski definition) is 4. The molecule has 0 aliphatic rings. The molecule has 176 valence electrons. The van der Waals surface area contributed by atoms with E-state index in [-0.39, 0.29) is 4.90 Å². The summed E-state index contributed by atoms with van der Waals surface area (Å²) in [5.41, 5.74) is 1.04. The summed E-state index contributed by atoms with van der Waals surface area (Å²) in [6.45, 7) is 0. The van der Waals surface area contributed by atoms with Gasteiger partial charge >= 0.3 is 0 Å². The highest BCUT2D eigenvalue weighted by atomic mass is 79.9. The molecule has 4 aromatic rings. The van der Waals surface area contributed by atoms with Crippen LogP contribution in [0.15, 0.2) is 52.0 Å². The average Bonchev–Trinajstić information content (AvgIpc) is 2.84. The van der Waals surface area contributed by atoms with E-state index in [2.05, 4.69) is 25.1 Å². The van der Waals surface area contributed by atoms with E-state index in [1.54, 1.807) is 18.2 Å². The Balaban J connectivity index is 1.76. The SMILES string of the molecule is COc1cc(Br)c(Cl)cc1-c1nccc2cc(S(=O)Oc3c(F)c(F)c(F)c(F)c3F)ccc12. The Hall–Kier alpha value is -2.76. The lowest BCUT2D eigenvalue weighted by molar-refractivity contribution is 0.352. The number of benzene rings is 3. The monoisotopic (exact) mass is 577 g/mol. The van der Waals surface area contributed by atoms with Crippen LogP contribution in [0.2, 0.25) is 5.02 Å². The lowest BCUT2D eigenvalue weighted by atomic mass is 10.0.